The van der Waals surface area contributed by atoms with Crippen LogP contribution < -0.4 is 0 Å². The van der Waals surface area contributed by atoms with Gasteiger partial charge in [-0.1, -0.05) is 43.6 Å². The van der Waals surface area contributed by atoms with E-state index in [2.05, 4.69) is 0 Å². The molecule has 0 spiro atoms. The van der Waals surface area contributed by atoms with Crippen LogP contribution in [0.1, 0.15) is 50.0 Å². The molecule has 0 radical (unpaired) electrons. The van der Waals surface area contributed by atoms with Gasteiger partial charge in [0.05, 0.1) is 6.04 Å². The predicted octanol–water partition coefficient (Wildman–Crippen LogP) is 4.02. The molecule has 18 heavy (non-hydrogen) atoms. The number of carbonyl (C=O) groups is 1. The Balaban J connectivity index is -0.000000141. The molecule has 116 valence electrons. The van der Waals surface area contributed by atoms with Gasteiger partial charge in [0, 0.05) is 27.2 Å². The Hall–Kier alpha value is -0.233. The molecule has 0 aromatic carbocycles. The van der Waals surface area contributed by atoms with Crippen molar-refractivity contribution < 1.29 is 18.1 Å². The number of hydrogen-bond acceptors (Lipinski definition) is 4. The number of hydrogen-bond donors (Lipinski definition) is 0. The third-order valence-corrected chi connectivity index (χ3v) is 5.13. The van der Waals surface area contributed by atoms with Crippen molar-refractivity contribution >= 4 is 14.6 Å². The standard InChI is InChI=1S/C9H20O4Si.4CH4/c1-6-8(2)9(10)7-14(11-3,12-4)13-5;;;;/h8H,6-7H2,1-5H3;4*1H4. The fourth-order valence-corrected chi connectivity index (χ4v) is 2.79. The van der Waals surface area contributed by atoms with Crippen molar-refractivity contribution in [2.75, 3.05) is 21.3 Å². The molecule has 0 saturated heterocycles. The summed E-state index contributed by atoms with van der Waals surface area (Å²) in [5.74, 6) is 0.187. The molecule has 0 N–H and O–H groups in total. The second-order valence-electron chi connectivity index (χ2n) is 3.25. The van der Waals surface area contributed by atoms with E-state index in [9.17, 15) is 4.79 Å². The quantitative estimate of drug-likeness (QED) is 0.662. The van der Waals surface area contributed by atoms with Crippen LogP contribution in [0.3, 0.4) is 0 Å². The Morgan fingerprint density at radius 2 is 1.33 bits per heavy atom. The van der Waals surface area contributed by atoms with E-state index < -0.39 is 8.80 Å². The Bertz CT molecular complexity index is 174. The first-order valence-corrected chi connectivity index (χ1v) is 6.66. The average molecular weight is 285 g/mol. The second-order valence-corrected chi connectivity index (χ2v) is 6.19. The molecule has 0 rings (SSSR count). The number of carbonyl (C=O) groups excluding carboxylic acids is 1. The van der Waals surface area contributed by atoms with E-state index in [0.717, 1.165) is 6.42 Å². The van der Waals surface area contributed by atoms with Crippen LogP contribution in [0.4, 0.5) is 0 Å². The summed E-state index contributed by atoms with van der Waals surface area (Å²) in [4.78, 5) is 11.7. The first kappa shape index (κ1) is 30.6. The summed E-state index contributed by atoms with van der Waals surface area (Å²) in [5, 5.41) is 0. The van der Waals surface area contributed by atoms with E-state index in [0.29, 0.717) is 0 Å². The van der Waals surface area contributed by atoms with Gasteiger partial charge >= 0.3 is 8.80 Å². The highest BCUT2D eigenvalue weighted by molar-refractivity contribution is 6.64. The van der Waals surface area contributed by atoms with E-state index >= 15 is 0 Å². The van der Waals surface area contributed by atoms with E-state index in [1.807, 2.05) is 13.8 Å². The zero-order valence-corrected chi connectivity index (χ0v) is 10.6. The minimum atomic E-state index is -2.71. The van der Waals surface area contributed by atoms with Gasteiger partial charge in [-0.05, 0) is 6.42 Å². The lowest BCUT2D eigenvalue weighted by Crippen LogP contribution is -2.45. The highest BCUT2D eigenvalue weighted by Crippen LogP contribution is 2.17. The van der Waals surface area contributed by atoms with Crippen LogP contribution in [0.2, 0.25) is 6.04 Å². The van der Waals surface area contributed by atoms with Gasteiger partial charge in [-0.15, -0.1) is 0 Å². The minimum absolute atomic E-state index is 0. The summed E-state index contributed by atoms with van der Waals surface area (Å²) in [6.07, 6.45) is 0.834. The number of Topliss-reactive ketones (excluding diaryl/α,β-unsaturated/α-hetero) is 1. The average Bonchev–Trinajstić information content (AvgIpc) is 2.24. The van der Waals surface area contributed by atoms with Gasteiger partial charge in [0.1, 0.15) is 5.78 Å². The summed E-state index contributed by atoms with van der Waals surface area (Å²) in [5.41, 5.74) is 0. The molecule has 4 nitrogen and oxygen atoms in total. The van der Waals surface area contributed by atoms with E-state index in [1.165, 1.54) is 21.3 Å². The highest BCUT2D eigenvalue weighted by Gasteiger charge is 2.41. The molecule has 0 amide bonds. The molecule has 0 aliphatic heterocycles. The van der Waals surface area contributed by atoms with Crippen LogP contribution in [-0.2, 0) is 18.1 Å². The van der Waals surface area contributed by atoms with Gasteiger partial charge in [0.25, 0.3) is 0 Å². The maximum Gasteiger partial charge on any atom is 0.507 e. The van der Waals surface area contributed by atoms with E-state index in [-0.39, 0.29) is 47.5 Å². The lowest BCUT2D eigenvalue weighted by molar-refractivity contribution is -0.121. The van der Waals surface area contributed by atoms with Crippen molar-refractivity contribution in [2.24, 2.45) is 5.92 Å². The van der Waals surface area contributed by atoms with E-state index in [1.54, 1.807) is 0 Å². The summed E-state index contributed by atoms with van der Waals surface area (Å²) in [6, 6.07) is 0.255. The molecule has 0 aliphatic carbocycles. The largest absolute Gasteiger partial charge is 0.507 e. The Kier molecular flexibility index (Phi) is 25.2. The van der Waals surface area contributed by atoms with Gasteiger partial charge in [-0.25, -0.2) is 0 Å². The first-order valence-electron chi connectivity index (χ1n) is 4.73. The molecule has 0 aromatic heterocycles. The maximum absolute atomic E-state index is 11.7. The fourth-order valence-electron chi connectivity index (χ4n) is 1.08. The van der Waals surface area contributed by atoms with Crippen molar-refractivity contribution in [3.8, 4) is 0 Å². The normalized spacial score (nSPS) is 10.9. The van der Waals surface area contributed by atoms with Crippen LogP contribution in [-0.4, -0.2) is 35.9 Å². The molecule has 0 fully saturated rings. The smallest absolute Gasteiger partial charge is 0.377 e. The molecule has 1 atom stereocenters. The molecular weight excluding hydrogens is 248 g/mol. The zero-order chi connectivity index (χ0) is 11.2. The zero-order valence-electron chi connectivity index (χ0n) is 9.62. The predicted molar refractivity (Wildman–Crippen MR) is 83.0 cm³/mol. The summed E-state index contributed by atoms with van der Waals surface area (Å²) >= 11 is 0. The molecule has 0 aliphatic rings. The van der Waals surface area contributed by atoms with Crippen molar-refractivity contribution in [2.45, 2.75) is 56.0 Å². The van der Waals surface area contributed by atoms with Crippen LogP contribution >= 0.6 is 0 Å². The van der Waals surface area contributed by atoms with Gasteiger partial charge in [0.15, 0.2) is 0 Å². The molecule has 0 aromatic rings. The molecule has 5 heteroatoms. The van der Waals surface area contributed by atoms with Crippen LogP contribution in [0.5, 0.6) is 0 Å². The van der Waals surface area contributed by atoms with Gasteiger partial charge in [0.2, 0.25) is 0 Å². The third kappa shape index (κ3) is 8.80. The molecule has 1 unspecified atom stereocenters. The Labute approximate surface area is 116 Å². The molecule has 0 heterocycles. The molecular formula is C13H36O4Si. The number of ketones is 1. The first-order chi connectivity index (χ1) is 6.55. The van der Waals surface area contributed by atoms with Gasteiger partial charge in [-0.3, -0.25) is 4.79 Å². The molecule has 0 bridgehead atoms. The summed E-state index contributed by atoms with van der Waals surface area (Å²) in [6.45, 7) is 3.89. The monoisotopic (exact) mass is 284 g/mol. The topological polar surface area (TPSA) is 44.8 Å². The van der Waals surface area contributed by atoms with Crippen molar-refractivity contribution in [3.05, 3.63) is 0 Å². The van der Waals surface area contributed by atoms with Crippen molar-refractivity contribution in [3.63, 3.8) is 0 Å². The number of rotatable bonds is 7. The maximum atomic E-state index is 11.7. The van der Waals surface area contributed by atoms with Crippen LogP contribution in [0.15, 0.2) is 0 Å². The summed E-state index contributed by atoms with van der Waals surface area (Å²) in [7, 11) is 1.84. The van der Waals surface area contributed by atoms with Crippen molar-refractivity contribution in [1.29, 1.82) is 0 Å². The third-order valence-electron chi connectivity index (χ3n) is 2.49. The SMILES string of the molecule is C.C.C.C.CCC(C)C(=O)C[Si](OC)(OC)OC. The fraction of sp³-hybridized carbons (Fsp3) is 0.923. The second kappa shape index (κ2) is 14.8. The lowest BCUT2D eigenvalue weighted by atomic mass is 10.1. The Morgan fingerprint density at radius 1 is 1.00 bits per heavy atom. The lowest BCUT2D eigenvalue weighted by Gasteiger charge is -2.24. The van der Waals surface area contributed by atoms with Crippen LogP contribution in [0, 0.1) is 5.92 Å². The van der Waals surface area contributed by atoms with Crippen molar-refractivity contribution in [1.82, 2.24) is 0 Å². The van der Waals surface area contributed by atoms with E-state index in [4.69, 9.17) is 13.3 Å². The van der Waals surface area contributed by atoms with Crippen LogP contribution in [0.25, 0.3) is 0 Å². The van der Waals surface area contributed by atoms with Gasteiger partial charge < -0.3 is 13.3 Å². The Morgan fingerprint density at radius 3 is 1.56 bits per heavy atom. The van der Waals surface area contributed by atoms with Gasteiger partial charge in [-0.2, -0.15) is 0 Å². The summed E-state index contributed by atoms with van der Waals surface area (Å²) < 4.78 is 15.5. The minimum Gasteiger partial charge on any atom is -0.377 e. The highest BCUT2D eigenvalue weighted by atomic mass is 28.4. The molecule has 0 saturated carbocycles.